The van der Waals surface area contributed by atoms with Crippen molar-refractivity contribution in [3.05, 3.63) is 60.3 Å². The number of rotatable bonds is 6. The van der Waals surface area contributed by atoms with Crippen molar-refractivity contribution in [3.63, 3.8) is 0 Å². The minimum absolute atomic E-state index is 0.277. The first-order valence-electron chi connectivity index (χ1n) is 8.65. The summed E-state index contributed by atoms with van der Waals surface area (Å²) in [5.74, 6) is 2.31. The Morgan fingerprint density at radius 2 is 2.15 bits per heavy atom. The molecule has 1 amide bonds. The summed E-state index contributed by atoms with van der Waals surface area (Å²) in [6.45, 7) is 0.387. The molecule has 0 atom stereocenters. The molecule has 3 aromatic rings. The second-order valence-electron chi connectivity index (χ2n) is 6.42. The van der Waals surface area contributed by atoms with E-state index in [1.165, 1.54) is 12.7 Å². The second kappa shape index (κ2) is 7.03. The quantitative estimate of drug-likeness (QED) is 0.734. The lowest BCUT2D eigenvalue weighted by molar-refractivity contribution is 0.102. The van der Waals surface area contributed by atoms with E-state index < -0.39 is 0 Å². The summed E-state index contributed by atoms with van der Waals surface area (Å²) < 4.78 is 13.0. The molecule has 0 aliphatic heterocycles. The van der Waals surface area contributed by atoms with E-state index in [-0.39, 0.29) is 5.91 Å². The predicted molar refractivity (Wildman–Crippen MR) is 95.0 cm³/mol. The lowest BCUT2D eigenvalue weighted by atomic mass is 9.85. The summed E-state index contributed by atoms with van der Waals surface area (Å²) in [6.07, 6.45) is 8.40. The molecule has 0 spiro atoms. The summed E-state index contributed by atoms with van der Waals surface area (Å²) in [7, 11) is 1.92. The molecular weight excluding hydrogens is 332 g/mol. The number of nitrogens with zero attached hydrogens (tertiary/aromatic N) is 3. The van der Waals surface area contributed by atoms with Crippen LogP contribution >= 0.6 is 0 Å². The van der Waals surface area contributed by atoms with Crippen molar-refractivity contribution >= 4 is 11.6 Å². The molecule has 1 fully saturated rings. The maximum absolute atomic E-state index is 12.3. The molecule has 0 bridgehead atoms. The number of benzene rings is 1. The Labute approximate surface area is 151 Å². The third-order valence-electron chi connectivity index (χ3n) is 4.61. The van der Waals surface area contributed by atoms with Crippen molar-refractivity contribution < 1.29 is 13.9 Å². The van der Waals surface area contributed by atoms with Crippen LogP contribution < -0.4 is 10.1 Å². The zero-order valence-corrected chi connectivity index (χ0v) is 14.5. The van der Waals surface area contributed by atoms with E-state index in [9.17, 15) is 4.79 Å². The van der Waals surface area contributed by atoms with Crippen molar-refractivity contribution in [1.29, 1.82) is 0 Å². The highest BCUT2D eigenvalue weighted by Crippen LogP contribution is 2.35. The minimum atomic E-state index is -0.277. The standard InChI is InChI=1S/C19H20N4O3/c1-23-10-9-20-17(23)12-25-15-7-5-14(6-8-15)21-18(24)16-11-26-19(22-16)13-3-2-4-13/h5-11,13H,2-4,12H2,1H3,(H,21,24). The lowest BCUT2D eigenvalue weighted by Gasteiger charge is -2.21. The number of aromatic nitrogens is 3. The summed E-state index contributed by atoms with van der Waals surface area (Å²) in [5, 5.41) is 2.82. The molecule has 4 rings (SSSR count). The Balaban J connectivity index is 1.34. The van der Waals surface area contributed by atoms with Gasteiger partial charge >= 0.3 is 0 Å². The van der Waals surface area contributed by atoms with Gasteiger partial charge in [-0.3, -0.25) is 4.79 Å². The van der Waals surface area contributed by atoms with Crippen molar-refractivity contribution in [1.82, 2.24) is 14.5 Å². The van der Waals surface area contributed by atoms with Crippen LogP contribution in [0.1, 0.15) is 47.4 Å². The number of carbonyl (C=O) groups excluding carboxylic acids is 1. The van der Waals surface area contributed by atoms with Crippen molar-refractivity contribution in [2.24, 2.45) is 7.05 Å². The number of nitrogens with one attached hydrogen (secondary N) is 1. The van der Waals surface area contributed by atoms with Gasteiger partial charge in [-0.25, -0.2) is 9.97 Å². The van der Waals surface area contributed by atoms with Crippen LogP contribution in [0, 0.1) is 0 Å². The Kier molecular flexibility index (Phi) is 4.43. The number of hydrogen-bond acceptors (Lipinski definition) is 5. The van der Waals surface area contributed by atoms with Gasteiger partial charge in [0, 0.05) is 31.0 Å². The SMILES string of the molecule is Cn1ccnc1COc1ccc(NC(=O)c2coc(C3CCC3)n2)cc1. The van der Waals surface area contributed by atoms with Crippen molar-refractivity contribution in [2.45, 2.75) is 31.8 Å². The van der Waals surface area contributed by atoms with E-state index in [1.54, 1.807) is 30.5 Å². The summed E-state index contributed by atoms with van der Waals surface area (Å²) in [4.78, 5) is 20.8. The van der Waals surface area contributed by atoms with Crippen LogP contribution in [-0.2, 0) is 13.7 Å². The highest BCUT2D eigenvalue weighted by atomic mass is 16.5. The Bertz CT molecular complexity index is 894. The average Bonchev–Trinajstić information content (AvgIpc) is 3.22. The van der Waals surface area contributed by atoms with Gasteiger partial charge in [-0.1, -0.05) is 6.42 Å². The average molecular weight is 352 g/mol. The molecule has 134 valence electrons. The number of oxazole rings is 1. The fourth-order valence-electron chi connectivity index (χ4n) is 2.75. The second-order valence-corrected chi connectivity index (χ2v) is 6.42. The summed E-state index contributed by atoms with van der Waals surface area (Å²) in [5.41, 5.74) is 0.981. The maximum atomic E-state index is 12.3. The van der Waals surface area contributed by atoms with Crippen LogP contribution in [-0.4, -0.2) is 20.4 Å². The fraction of sp³-hybridized carbons (Fsp3) is 0.316. The molecule has 0 saturated heterocycles. The van der Waals surface area contributed by atoms with Gasteiger partial charge in [0.15, 0.2) is 11.6 Å². The zero-order valence-electron chi connectivity index (χ0n) is 14.5. The number of aryl methyl sites for hydroxylation is 1. The first-order chi connectivity index (χ1) is 12.7. The van der Waals surface area contributed by atoms with Crippen LogP contribution in [0.2, 0.25) is 0 Å². The van der Waals surface area contributed by atoms with E-state index in [0.717, 1.165) is 18.7 Å². The summed E-state index contributed by atoms with van der Waals surface area (Å²) in [6, 6.07) is 7.19. The molecule has 1 aliphatic rings. The zero-order chi connectivity index (χ0) is 17.9. The van der Waals surface area contributed by atoms with E-state index >= 15 is 0 Å². The van der Waals surface area contributed by atoms with Gasteiger partial charge in [-0.2, -0.15) is 0 Å². The number of carbonyl (C=O) groups is 1. The summed E-state index contributed by atoms with van der Waals surface area (Å²) >= 11 is 0. The van der Waals surface area contributed by atoms with Crippen LogP contribution in [0.5, 0.6) is 5.75 Å². The van der Waals surface area contributed by atoms with Gasteiger partial charge < -0.3 is 19.0 Å². The van der Waals surface area contributed by atoms with Crippen LogP contribution in [0.3, 0.4) is 0 Å². The molecule has 7 heteroatoms. The largest absolute Gasteiger partial charge is 0.486 e. The van der Waals surface area contributed by atoms with Crippen LogP contribution in [0.4, 0.5) is 5.69 Å². The number of anilines is 1. The predicted octanol–water partition coefficient (Wildman–Crippen LogP) is 3.51. The fourth-order valence-corrected chi connectivity index (χ4v) is 2.75. The number of imidazole rings is 1. The molecule has 1 aliphatic carbocycles. The molecule has 7 nitrogen and oxygen atoms in total. The highest BCUT2D eigenvalue weighted by molar-refractivity contribution is 6.02. The van der Waals surface area contributed by atoms with Gasteiger partial charge in [0.25, 0.3) is 5.91 Å². The molecule has 2 heterocycles. The van der Waals surface area contributed by atoms with E-state index in [2.05, 4.69) is 15.3 Å². The molecule has 1 aromatic carbocycles. The van der Waals surface area contributed by atoms with Gasteiger partial charge in [-0.15, -0.1) is 0 Å². The number of amides is 1. The van der Waals surface area contributed by atoms with Crippen molar-refractivity contribution in [3.8, 4) is 5.75 Å². The highest BCUT2D eigenvalue weighted by Gasteiger charge is 2.25. The normalized spacial score (nSPS) is 14.0. The Morgan fingerprint density at radius 1 is 1.35 bits per heavy atom. The molecule has 1 saturated carbocycles. The smallest absolute Gasteiger partial charge is 0.277 e. The van der Waals surface area contributed by atoms with Crippen LogP contribution in [0.15, 0.2) is 47.3 Å². The Hall–Kier alpha value is -3.09. The molecule has 2 aromatic heterocycles. The first kappa shape index (κ1) is 16.4. The van der Waals surface area contributed by atoms with E-state index in [1.807, 2.05) is 17.8 Å². The number of hydrogen-bond donors (Lipinski definition) is 1. The van der Waals surface area contributed by atoms with Gasteiger partial charge in [0.1, 0.15) is 24.4 Å². The Morgan fingerprint density at radius 3 is 2.81 bits per heavy atom. The first-order valence-corrected chi connectivity index (χ1v) is 8.65. The molecule has 26 heavy (non-hydrogen) atoms. The molecule has 0 radical (unpaired) electrons. The van der Waals surface area contributed by atoms with Gasteiger partial charge in [0.05, 0.1) is 0 Å². The lowest BCUT2D eigenvalue weighted by Crippen LogP contribution is -2.14. The molecule has 0 unspecified atom stereocenters. The van der Waals surface area contributed by atoms with Crippen LogP contribution in [0.25, 0.3) is 0 Å². The van der Waals surface area contributed by atoms with Crippen molar-refractivity contribution in [2.75, 3.05) is 5.32 Å². The monoisotopic (exact) mass is 352 g/mol. The molecule has 1 N–H and O–H groups in total. The number of ether oxygens (including phenoxy) is 1. The van der Waals surface area contributed by atoms with Gasteiger partial charge in [0.2, 0.25) is 0 Å². The van der Waals surface area contributed by atoms with Gasteiger partial charge in [-0.05, 0) is 37.1 Å². The topological polar surface area (TPSA) is 82.2 Å². The maximum Gasteiger partial charge on any atom is 0.277 e. The third kappa shape index (κ3) is 3.46. The van der Waals surface area contributed by atoms with E-state index in [0.29, 0.717) is 35.5 Å². The molecular formula is C19H20N4O3. The van der Waals surface area contributed by atoms with E-state index in [4.69, 9.17) is 9.15 Å². The third-order valence-corrected chi connectivity index (χ3v) is 4.61. The minimum Gasteiger partial charge on any atom is -0.486 e.